The third-order valence-electron chi connectivity index (χ3n) is 4.33. The maximum absolute atomic E-state index is 12.7. The van der Waals surface area contributed by atoms with E-state index in [0.29, 0.717) is 29.5 Å². The van der Waals surface area contributed by atoms with Crippen LogP contribution in [0, 0.1) is 0 Å². The summed E-state index contributed by atoms with van der Waals surface area (Å²) in [7, 11) is -3.74. The fraction of sp³-hybridized carbons (Fsp3) is 0.300. The van der Waals surface area contributed by atoms with Gasteiger partial charge in [0, 0.05) is 23.7 Å². The first-order valence-electron chi connectivity index (χ1n) is 9.13. The molecule has 8 heteroatoms. The molecule has 0 saturated carbocycles. The number of amides is 1. The van der Waals surface area contributed by atoms with Crippen molar-refractivity contribution < 1.29 is 13.2 Å². The van der Waals surface area contributed by atoms with Gasteiger partial charge in [0.25, 0.3) is 10.0 Å². The molecule has 0 fully saturated rings. The van der Waals surface area contributed by atoms with Crippen LogP contribution >= 0.6 is 11.6 Å². The number of carbonyl (C=O) groups is 1. The minimum absolute atomic E-state index is 0.0868. The fourth-order valence-corrected chi connectivity index (χ4v) is 4.17. The summed E-state index contributed by atoms with van der Waals surface area (Å²) >= 11 is 5.85. The zero-order valence-electron chi connectivity index (χ0n) is 15.3. The van der Waals surface area contributed by atoms with Crippen LogP contribution in [0.5, 0.6) is 0 Å². The van der Waals surface area contributed by atoms with Crippen molar-refractivity contribution in [3.05, 3.63) is 59.1 Å². The molecule has 0 aromatic heterocycles. The number of nitrogens with zero attached hydrogens (tertiary/aromatic N) is 1. The lowest BCUT2D eigenvalue weighted by atomic mass is 10.1. The molecule has 3 rings (SSSR count). The molecule has 0 atom stereocenters. The third kappa shape index (κ3) is 5.81. The topological polar surface area (TPSA) is 87.6 Å². The van der Waals surface area contributed by atoms with E-state index in [0.717, 1.165) is 24.8 Å². The van der Waals surface area contributed by atoms with Gasteiger partial charge in [0.05, 0.1) is 11.3 Å². The van der Waals surface area contributed by atoms with E-state index >= 15 is 0 Å². The number of nitrogens with one attached hydrogen (secondary N) is 2. The average molecular weight is 420 g/mol. The zero-order valence-corrected chi connectivity index (χ0v) is 16.9. The van der Waals surface area contributed by atoms with Crippen LogP contribution in [-0.2, 0) is 21.2 Å². The predicted octanol–water partition coefficient (Wildman–Crippen LogP) is 3.77. The van der Waals surface area contributed by atoms with Gasteiger partial charge in [-0.25, -0.2) is 8.42 Å². The summed E-state index contributed by atoms with van der Waals surface area (Å²) in [6.07, 6.45) is 3.73. The first kappa shape index (κ1) is 20.4. The van der Waals surface area contributed by atoms with Gasteiger partial charge in [0.1, 0.15) is 5.84 Å². The van der Waals surface area contributed by atoms with Crippen molar-refractivity contribution in [1.82, 2.24) is 4.72 Å². The Morgan fingerprint density at radius 1 is 1.07 bits per heavy atom. The Morgan fingerprint density at radius 2 is 1.86 bits per heavy atom. The lowest BCUT2D eigenvalue weighted by Crippen LogP contribution is -2.30. The molecular formula is C20H22ClN3O3S. The number of amidine groups is 1. The van der Waals surface area contributed by atoms with E-state index in [4.69, 9.17) is 11.6 Å². The Labute approximate surface area is 170 Å². The Balaban J connectivity index is 1.67. The van der Waals surface area contributed by atoms with Gasteiger partial charge in [0.15, 0.2) is 0 Å². The van der Waals surface area contributed by atoms with Gasteiger partial charge in [0.2, 0.25) is 5.91 Å². The fourth-order valence-electron chi connectivity index (χ4n) is 2.91. The minimum atomic E-state index is -3.74. The van der Waals surface area contributed by atoms with Gasteiger partial charge < -0.3 is 5.32 Å². The summed E-state index contributed by atoms with van der Waals surface area (Å²) in [6, 6.07) is 13.2. The van der Waals surface area contributed by atoms with Crippen molar-refractivity contribution >= 4 is 39.1 Å². The van der Waals surface area contributed by atoms with Crippen LogP contribution in [0.15, 0.2) is 58.4 Å². The first-order chi connectivity index (χ1) is 13.4. The number of anilines is 1. The van der Waals surface area contributed by atoms with Crippen LogP contribution in [0.3, 0.4) is 0 Å². The summed E-state index contributed by atoms with van der Waals surface area (Å²) in [4.78, 5) is 16.6. The Morgan fingerprint density at radius 3 is 2.64 bits per heavy atom. The molecule has 1 aliphatic rings. The molecule has 1 amide bonds. The molecule has 0 saturated heterocycles. The quantitative estimate of drug-likeness (QED) is 0.773. The molecule has 0 radical (unpaired) electrons. The van der Waals surface area contributed by atoms with E-state index in [1.807, 2.05) is 0 Å². The van der Waals surface area contributed by atoms with E-state index in [1.54, 1.807) is 36.4 Å². The monoisotopic (exact) mass is 419 g/mol. The smallest absolute Gasteiger partial charge is 0.262 e. The summed E-state index contributed by atoms with van der Waals surface area (Å²) in [5, 5.41) is 3.34. The number of benzene rings is 2. The van der Waals surface area contributed by atoms with Gasteiger partial charge in [-0.05, 0) is 48.7 Å². The lowest BCUT2D eigenvalue weighted by molar-refractivity contribution is -0.115. The van der Waals surface area contributed by atoms with Gasteiger partial charge in [-0.2, -0.15) is 0 Å². The van der Waals surface area contributed by atoms with Crippen molar-refractivity contribution in [2.24, 2.45) is 4.99 Å². The number of rotatable bonds is 5. The van der Waals surface area contributed by atoms with Crippen molar-refractivity contribution in [2.75, 3.05) is 11.9 Å². The molecule has 0 bridgehead atoms. The number of carbonyl (C=O) groups excluding carboxylic acids is 1. The molecule has 0 aliphatic carbocycles. The molecule has 148 valence electrons. The molecular weight excluding hydrogens is 398 g/mol. The largest absolute Gasteiger partial charge is 0.326 e. The van der Waals surface area contributed by atoms with E-state index < -0.39 is 10.0 Å². The normalized spacial score (nSPS) is 14.7. The van der Waals surface area contributed by atoms with Crippen molar-refractivity contribution in [3.63, 3.8) is 0 Å². The predicted molar refractivity (Wildman–Crippen MR) is 111 cm³/mol. The van der Waals surface area contributed by atoms with E-state index in [-0.39, 0.29) is 17.2 Å². The van der Waals surface area contributed by atoms with Crippen molar-refractivity contribution in [2.45, 2.75) is 37.0 Å². The van der Waals surface area contributed by atoms with Crippen LogP contribution in [0.1, 0.15) is 31.2 Å². The highest BCUT2D eigenvalue weighted by Gasteiger charge is 2.18. The second-order valence-electron chi connectivity index (χ2n) is 6.62. The van der Waals surface area contributed by atoms with E-state index in [9.17, 15) is 13.2 Å². The zero-order chi connectivity index (χ0) is 20.0. The first-order valence-corrected chi connectivity index (χ1v) is 11.0. The molecule has 6 nitrogen and oxygen atoms in total. The maximum Gasteiger partial charge on any atom is 0.262 e. The molecule has 0 spiro atoms. The van der Waals surface area contributed by atoms with Crippen molar-refractivity contribution in [3.8, 4) is 0 Å². The molecule has 0 unspecified atom stereocenters. The Hall–Kier alpha value is -2.38. The van der Waals surface area contributed by atoms with Crippen LogP contribution in [0.2, 0.25) is 5.02 Å². The molecule has 2 aromatic rings. The highest BCUT2D eigenvalue weighted by Crippen LogP contribution is 2.17. The molecule has 2 N–H and O–H groups in total. The van der Waals surface area contributed by atoms with Gasteiger partial charge >= 0.3 is 0 Å². The summed E-state index contributed by atoms with van der Waals surface area (Å²) in [6.45, 7) is 0.638. The Bertz CT molecular complexity index is 972. The lowest BCUT2D eigenvalue weighted by Gasteiger charge is -2.11. The van der Waals surface area contributed by atoms with E-state index in [1.165, 1.54) is 12.1 Å². The van der Waals surface area contributed by atoms with E-state index in [2.05, 4.69) is 15.0 Å². The summed E-state index contributed by atoms with van der Waals surface area (Å²) in [5.41, 5.74) is 1.24. The Kier molecular flexibility index (Phi) is 6.70. The van der Waals surface area contributed by atoms with Gasteiger partial charge in [-0.1, -0.05) is 36.2 Å². The second-order valence-corrected chi connectivity index (χ2v) is 8.74. The van der Waals surface area contributed by atoms with Crippen LogP contribution in [-0.4, -0.2) is 26.7 Å². The van der Waals surface area contributed by atoms with Gasteiger partial charge in [-0.15, -0.1) is 0 Å². The number of hydrogen-bond acceptors (Lipinski definition) is 4. The molecule has 2 aromatic carbocycles. The highest BCUT2D eigenvalue weighted by atomic mass is 35.5. The maximum atomic E-state index is 12.7. The molecule has 1 heterocycles. The number of halogens is 1. The molecule has 28 heavy (non-hydrogen) atoms. The van der Waals surface area contributed by atoms with Crippen LogP contribution < -0.4 is 10.0 Å². The van der Waals surface area contributed by atoms with Crippen molar-refractivity contribution in [1.29, 1.82) is 0 Å². The van der Waals surface area contributed by atoms with Crippen LogP contribution in [0.25, 0.3) is 0 Å². The second kappa shape index (κ2) is 9.21. The summed E-state index contributed by atoms with van der Waals surface area (Å²) in [5.74, 6) is 0.257. The summed E-state index contributed by atoms with van der Waals surface area (Å²) < 4.78 is 27.9. The average Bonchev–Trinajstić information content (AvgIpc) is 2.92. The van der Waals surface area contributed by atoms with Gasteiger partial charge in [-0.3, -0.25) is 14.5 Å². The van der Waals surface area contributed by atoms with Crippen LogP contribution in [0.4, 0.5) is 5.69 Å². The SMILES string of the molecule is O=C(Cc1ccc(Cl)cc1)Nc1cccc(S(=O)(=O)NC2=NCCCCC2)c1. The number of aliphatic imine (C=N–C) groups is 1. The minimum Gasteiger partial charge on any atom is -0.326 e. The highest BCUT2D eigenvalue weighted by molar-refractivity contribution is 7.90. The molecule has 1 aliphatic heterocycles. The third-order valence-corrected chi connectivity index (χ3v) is 5.96. The standard InChI is InChI=1S/C20H22ClN3O3S/c21-16-10-8-15(9-11-16)13-20(25)23-17-5-4-6-18(14-17)28(26,27)24-19-7-2-1-3-12-22-19/h4-6,8-11,14H,1-3,7,12-13H2,(H,22,24)(H,23,25). The number of sulfonamides is 1. The number of hydrogen-bond donors (Lipinski definition) is 2.